The van der Waals surface area contributed by atoms with Crippen molar-refractivity contribution >= 4 is 79.8 Å². The first-order valence-electron chi connectivity index (χ1n) is 10.5. The fourth-order valence-corrected chi connectivity index (χ4v) is 5.41. The lowest BCUT2D eigenvalue weighted by Gasteiger charge is -2.13. The highest BCUT2D eigenvalue weighted by Gasteiger charge is 2.23. The van der Waals surface area contributed by atoms with Gasteiger partial charge in [-0.1, -0.05) is 69.2 Å². The van der Waals surface area contributed by atoms with E-state index in [0.717, 1.165) is 21.8 Å². The van der Waals surface area contributed by atoms with E-state index in [2.05, 4.69) is 10.1 Å². The van der Waals surface area contributed by atoms with E-state index in [0.29, 0.717) is 36.4 Å². The van der Waals surface area contributed by atoms with Gasteiger partial charge in [-0.15, -0.1) is 0 Å². The molecule has 0 unspecified atom stereocenters. The van der Waals surface area contributed by atoms with Gasteiger partial charge in [0.15, 0.2) is 5.75 Å². The Hall–Kier alpha value is -2.93. The van der Waals surface area contributed by atoms with E-state index >= 15 is 0 Å². The van der Waals surface area contributed by atoms with Crippen LogP contribution in [-0.2, 0) is 0 Å². The quantitative estimate of drug-likeness (QED) is 0.228. The maximum absolute atomic E-state index is 11.5. The second-order valence-electron chi connectivity index (χ2n) is 8.00. The van der Waals surface area contributed by atoms with Crippen LogP contribution in [0.15, 0.2) is 71.3 Å². The number of phenols is 1. The average Bonchev–Trinajstić information content (AvgIpc) is 3.43. The molecule has 0 saturated carbocycles. The highest BCUT2D eigenvalue weighted by atomic mass is 35.5. The van der Waals surface area contributed by atoms with Crippen molar-refractivity contribution in [3.63, 3.8) is 0 Å². The van der Waals surface area contributed by atoms with Crippen molar-refractivity contribution in [3.05, 3.63) is 91.8 Å². The number of nitrogens with zero attached hydrogens (tertiary/aromatic N) is 3. The van der Waals surface area contributed by atoms with Gasteiger partial charge in [0.1, 0.15) is 0 Å². The molecule has 0 fully saturated rings. The minimum atomic E-state index is -0.0966. The highest BCUT2D eigenvalue weighted by molar-refractivity contribution is 6.39. The van der Waals surface area contributed by atoms with Crippen LogP contribution < -0.4 is 0 Å². The molecule has 1 N–H and O–H groups in total. The standard InChI is InChI=1S/C26H12Cl5N3O2/c27-12-4-6-20-15(8-12)16-9-13(28)5-7-21(16)34(20)22-11-14(29)10-17(24(22)35)25-32-26(36-33-25)23-18(30)2-1-3-19(23)31/h1-11,35H. The number of fused-ring (bicyclic) bond motifs is 3. The van der Waals surface area contributed by atoms with Gasteiger partial charge in [0, 0.05) is 25.8 Å². The fourth-order valence-electron chi connectivity index (χ4n) is 4.29. The number of hydrogen-bond acceptors (Lipinski definition) is 4. The second kappa shape index (κ2) is 8.87. The Balaban J connectivity index is 1.59. The minimum Gasteiger partial charge on any atom is -0.505 e. The second-order valence-corrected chi connectivity index (χ2v) is 10.1. The van der Waals surface area contributed by atoms with E-state index in [1.165, 1.54) is 0 Å². The summed E-state index contributed by atoms with van der Waals surface area (Å²) in [6, 6.07) is 19.3. The molecule has 0 spiro atoms. The van der Waals surface area contributed by atoms with Gasteiger partial charge in [0.25, 0.3) is 5.89 Å². The predicted molar refractivity (Wildman–Crippen MR) is 146 cm³/mol. The van der Waals surface area contributed by atoms with E-state index in [1.807, 2.05) is 28.8 Å². The Morgan fingerprint density at radius 3 is 1.94 bits per heavy atom. The number of rotatable bonds is 3. The maximum atomic E-state index is 11.5. The summed E-state index contributed by atoms with van der Waals surface area (Å²) >= 11 is 31.7. The van der Waals surface area contributed by atoms with Crippen molar-refractivity contribution in [3.8, 4) is 34.3 Å². The molecule has 6 rings (SSSR count). The van der Waals surface area contributed by atoms with Gasteiger partial charge in [-0.05, 0) is 60.7 Å². The third-order valence-corrected chi connectivity index (χ3v) is 7.15. The lowest BCUT2D eigenvalue weighted by Crippen LogP contribution is -1.97. The van der Waals surface area contributed by atoms with Crippen LogP contribution in [0.3, 0.4) is 0 Å². The molecule has 10 heteroatoms. The smallest absolute Gasteiger partial charge is 0.261 e. The van der Waals surface area contributed by atoms with Crippen molar-refractivity contribution in [1.29, 1.82) is 0 Å². The van der Waals surface area contributed by atoms with Crippen LogP contribution in [0.1, 0.15) is 0 Å². The molecular weight excluding hydrogens is 564 g/mol. The van der Waals surface area contributed by atoms with E-state index in [-0.39, 0.29) is 23.0 Å². The first-order valence-corrected chi connectivity index (χ1v) is 12.4. The number of phenolic OH excluding ortho intramolecular Hbond substituents is 1. The molecule has 0 aliphatic rings. The highest BCUT2D eigenvalue weighted by Crippen LogP contribution is 2.42. The Morgan fingerprint density at radius 2 is 1.33 bits per heavy atom. The summed E-state index contributed by atoms with van der Waals surface area (Å²) < 4.78 is 7.32. The summed E-state index contributed by atoms with van der Waals surface area (Å²) in [6.45, 7) is 0. The molecule has 2 heterocycles. The monoisotopic (exact) mass is 573 g/mol. The lowest BCUT2D eigenvalue weighted by atomic mass is 10.1. The molecular formula is C26H12Cl5N3O2. The number of aromatic hydroxyl groups is 1. The Kier molecular flexibility index (Phi) is 5.78. The lowest BCUT2D eigenvalue weighted by molar-refractivity contribution is 0.431. The summed E-state index contributed by atoms with van der Waals surface area (Å²) in [5, 5.41) is 19.5. The van der Waals surface area contributed by atoms with Gasteiger partial charge >= 0.3 is 0 Å². The molecule has 6 aromatic rings. The molecule has 0 radical (unpaired) electrons. The molecule has 0 aliphatic carbocycles. The largest absolute Gasteiger partial charge is 0.505 e. The normalized spacial score (nSPS) is 11.6. The van der Waals surface area contributed by atoms with Gasteiger partial charge < -0.3 is 14.2 Å². The van der Waals surface area contributed by atoms with Crippen molar-refractivity contribution in [2.45, 2.75) is 0 Å². The van der Waals surface area contributed by atoms with Crippen molar-refractivity contribution in [2.24, 2.45) is 0 Å². The topological polar surface area (TPSA) is 64.1 Å². The van der Waals surface area contributed by atoms with Crippen LogP contribution >= 0.6 is 58.0 Å². The fraction of sp³-hybridized carbons (Fsp3) is 0. The third-order valence-electron chi connectivity index (χ3n) is 5.83. The van der Waals surface area contributed by atoms with Gasteiger partial charge in [-0.2, -0.15) is 4.98 Å². The molecule has 2 aromatic heterocycles. The van der Waals surface area contributed by atoms with Crippen LogP contribution in [0.25, 0.3) is 50.3 Å². The minimum absolute atomic E-state index is 0.0966. The molecule has 5 nitrogen and oxygen atoms in total. The van der Waals surface area contributed by atoms with Crippen LogP contribution in [0.5, 0.6) is 5.75 Å². The van der Waals surface area contributed by atoms with E-state index < -0.39 is 0 Å². The number of benzene rings is 4. The predicted octanol–water partition coefficient (Wildman–Crippen LogP) is 9.47. The average molecular weight is 576 g/mol. The Labute approximate surface area is 229 Å². The third kappa shape index (κ3) is 3.79. The molecule has 0 saturated heterocycles. The maximum Gasteiger partial charge on any atom is 0.261 e. The number of halogens is 5. The summed E-state index contributed by atoms with van der Waals surface area (Å²) in [5.41, 5.74) is 2.70. The summed E-state index contributed by atoms with van der Waals surface area (Å²) in [7, 11) is 0. The molecule has 0 atom stereocenters. The van der Waals surface area contributed by atoms with Crippen LogP contribution in [-0.4, -0.2) is 19.8 Å². The van der Waals surface area contributed by atoms with Crippen molar-refractivity contribution in [2.75, 3.05) is 0 Å². The molecule has 0 amide bonds. The zero-order valence-electron chi connectivity index (χ0n) is 17.9. The summed E-state index contributed by atoms with van der Waals surface area (Å²) in [4.78, 5) is 4.44. The summed E-state index contributed by atoms with van der Waals surface area (Å²) in [5.74, 6) is 0.137. The summed E-state index contributed by atoms with van der Waals surface area (Å²) in [6.07, 6.45) is 0. The Morgan fingerprint density at radius 1 is 0.722 bits per heavy atom. The van der Waals surface area contributed by atoms with Gasteiger partial charge in [-0.3, -0.25) is 0 Å². The van der Waals surface area contributed by atoms with Gasteiger partial charge in [-0.25, -0.2) is 0 Å². The van der Waals surface area contributed by atoms with E-state index in [4.69, 9.17) is 62.5 Å². The molecule has 36 heavy (non-hydrogen) atoms. The molecule has 4 aromatic carbocycles. The van der Waals surface area contributed by atoms with Crippen molar-refractivity contribution < 1.29 is 9.63 Å². The SMILES string of the molecule is Oc1c(-c2noc(-c3c(Cl)cccc3Cl)n2)cc(Cl)cc1-n1c2ccc(Cl)cc2c2cc(Cl)ccc21. The molecule has 178 valence electrons. The first-order chi connectivity index (χ1) is 17.3. The number of hydrogen-bond donors (Lipinski definition) is 1. The van der Waals surface area contributed by atoms with Gasteiger partial charge in [0.2, 0.25) is 5.82 Å². The zero-order chi connectivity index (χ0) is 25.1. The first kappa shape index (κ1) is 23.5. The van der Waals surface area contributed by atoms with Gasteiger partial charge in [0.05, 0.1) is 37.9 Å². The van der Waals surface area contributed by atoms with Crippen molar-refractivity contribution in [1.82, 2.24) is 14.7 Å². The molecule has 0 aliphatic heterocycles. The van der Waals surface area contributed by atoms with Crippen LogP contribution in [0.4, 0.5) is 0 Å². The zero-order valence-corrected chi connectivity index (χ0v) is 21.7. The number of aromatic nitrogens is 3. The Bertz CT molecular complexity index is 1750. The van der Waals surface area contributed by atoms with Crippen LogP contribution in [0, 0.1) is 0 Å². The van der Waals surface area contributed by atoms with Crippen LogP contribution in [0.2, 0.25) is 25.1 Å². The molecule has 0 bridgehead atoms. The van der Waals surface area contributed by atoms with E-state index in [9.17, 15) is 5.11 Å². The van der Waals surface area contributed by atoms with E-state index in [1.54, 1.807) is 42.5 Å².